The summed E-state index contributed by atoms with van der Waals surface area (Å²) in [6, 6.07) is 0. The molecule has 0 unspecified atom stereocenters. The molecule has 0 heterocycles. The third-order valence-corrected chi connectivity index (χ3v) is 4.20. The Labute approximate surface area is 129 Å². The summed E-state index contributed by atoms with van der Waals surface area (Å²) >= 11 is 2.51. The van der Waals surface area contributed by atoms with Crippen molar-refractivity contribution in [2.24, 2.45) is 0 Å². The average molecular weight is 376 g/mol. The van der Waals surface area contributed by atoms with Gasteiger partial charge in [0.05, 0.1) is 26.7 Å². The van der Waals surface area contributed by atoms with Crippen molar-refractivity contribution in [2.75, 3.05) is 31.1 Å². The zero-order chi connectivity index (χ0) is 12.3. The highest BCUT2D eigenvalue weighted by molar-refractivity contribution is 14.1. The molecule has 0 aromatic carbocycles. The van der Waals surface area contributed by atoms with Crippen LogP contribution in [-0.2, 0) is 0 Å². The summed E-state index contributed by atoms with van der Waals surface area (Å²) in [7, 11) is 2.47. The van der Waals surface area contributed by atoms with Crippen molar-refractivity contribution in [2.45, 2.75) is 58.8 Å². The van der Waals surface area contributed by atoms with Crippen LogP contribution in [0.2, 0.25) is 0 Å². The Morgan fingerprint density at radius 1 is 0.765 bits per heavy atom. The lowest BCUT2D eigenvalue weighted by Crippen LogP contribution is -3.00. The van der Waals surface area contributed by atoms with Gasteiger partial charge in [-0.05, 0) is 25.7 Å². The van der Waals surface area contributed by atoms with Crippen LogP contribution in [0.25, 0.3) is 0 Å². The fourth-order valence-electron chi connectivity index (χ4n) is 2.26. The maximum absolute atomic E-state index is 2.51. The van der Waals surface area contributed by atoms with Gasteiger partial charge in [0, 0.05) is 10.8 Å². The molecule has 0 rings (SSSR count). The van der Waals surface area contributed by atoms with E-state index in [1.807, 2.05) is 0 Å². The first-order valence-electron chi connectivity index (χ1n) is 7.08. The van der Waals surface area contributed by atoms with Crippen LogP contribution in [0.1, 0.15) is 58.8 Å². The monoisotopic (exact) mass is 375 g/mol. The molecule has 0 aliphatic carbocycles. The van der Waals surface area contributed by atoms with Gasteiger partial charge >= 0.3 is 0 Å². The van der Waals surface area contributed by atoms with Crippen molar-refractivity contribution >= 4 is 22.6 Å². The van der Waals surface area contributed by atoms with Crippen LogP contribution in [0.5, 0.6) is 0 Å². The number of quaternary nitrogens is 1. The lowest BCUT2D eigenvalue weighted by Gasteiger charge is -2.35. The molecule has 1 nitrogen and oxygen atoms in total. The summed E-state index contributed by atoms with van der Waals surface area (Å²) in [6.45, 7) is 8.78. The second-order valence-electron chi connectivity index (χ2n) is 5.25. The van der Waals surface area contributed by atoms with E-state index in [9.17, 15) is 0 Å². The Kier molecular flexibility index (Phi) is 16.0. The van der Waals surface area contributed by atoms with Crippen molar-refractivity contribution in [1.82, 2.24) is 0 Å². The van der Waals surface area contributed by atoms with E-state index in [2.05, 4.69) is 43.5 Å². The number of unbranched alkanes of at least 4 members (excludes halogenated alkanes) is 4. The molecule has 0 saturated carbocycles. The number of alkyl halides is 1. The molecule has 0 N–H and O–H groups in total. The van der Waals surface area contributed by atoms with Crippen molar-refractivity contribution in [3.8, 4) is 0 Å². The predicted octanol–water partition coefficient (Wildman–Crippen LogP) is 1.64. The Morgan fingerprint density at radius 2 is 1.18 bits per heavy atom. The fraction of sp³-hybridized carbons (Fsp3) is 1.00. The van der Waals surface area contributed by atoms with Crippen LogP contribution in [0.3, 0.4) is 0 Å². The molecule has 0 saturated heterocycles. The molecule has 17 heavy (non-hydrogen) atoms. The summed E-state index contributed by atoms with van der Waals surface area (Å²) in [6.07, 6.45) is 9.73. The smallest absolute Gasteiger partial charge is 0.0791 e. The molecule has 3 heteroatoms. The van der Waals surface area contributed by atoms with E-state index in [0.717, 1.165) is 0 Å². The minimum Gasteiger partial charge on any atom is -1.00 e. The highest BCUT2D eigenvalue weighted by atomic mass is 127. The summed E-state index contributed by atoms with van der Waals surface area (Å²) in [5.41, 5.74) is 0. The van der Waals surface area contributed by atoms with Crippen molar-refractivity contribution in [1.29, 1.82) is 0 Å². The van der Waals surface area contributed by atoms with Gasteiger partial charge in [0.25, 0.3) is 0 Å². The van der Waals surface area contributed by atoms with Gasteiger partial charge in [0.2, 0.25) is 0 Å². The average Bonchev–Trinajstić information content (AvgIpc) is 2.27. The Hall–Kier alpha value is 0.980. The lowest BCUT2D eigenvalue weighted by molar-refractivity contribution is -0.910. The van der Waals surface area contributed by atoms with Crippen molar-refractivity contribution in [3.05, 3.63) is 0 Å². The molecule has 0 amide bonds. The number of halogens is 2. The molecule has 0 bridgehead atoms. The zero-order valence-corrected chi connectivity index (χ0v) is 14.9. The Morgan fingerprint density at radius 3 is 1.53 bits per heavy atom. The van der Waals surface area contributed by atoms with Crippen LogP contribution in [0, 0.1) is 0 Å². The van der Waals surface area contributed by atoms with Gasteiger partial charge in [-0.3, -0.25) is 0 Å². The molecule has 0 radical (unpaired) electrons. The second kappa shape index (κ2) is 13.4. The molecule has 0 aromatic heterocycles. The van der Waals surface area contributed by atoms with E-state index in [0.29, 0.717) is 0 Å². The number of hydrogen-bond donors (Lipinski definition) is 0. The molecular formula is C14H31ClIN. The topological polar surface area (TPSA) is 0 Å². The molecule has 106 valence electrons. The predicted molar refractivity (Wildman–Crippen MR) is 83.3 cm³/mol. The first kappa shape index (κ1) is 20.3. The zero-order valence-electron chi connectivity index (χ0n) is 12.0. The normalized spacial score (nSPS) is 11.3. The van der Waals surface area contributed by atoms with Gasteiger partial charge in [-0.2, -0.15) is 0 Å². The highest BCUT2D eigenvalue weighted by Crippen LogP contribution is 2.12. The third-order valence-electron chi connectivity index (χ3n) is 3.43. The molecule has 0 aliphatic heterocycles. The maximum atomic E-state index is 2.51. The van der Waals surface area contributed by atoms with Gasteiger partial charge < -0.3 is 16.9 Å². The number of hydrogen-bond acceptors (Lipinski definition) is 0. The maximum Gasteiger partial charge on any atom is 0.0791 e. The minimum absolute atomic E-state index is 0. The van der Waals surface area contributed by atoms with E-state index in [-0.39, 0.29) is 12.4 Å². The minimum atomic E-state index is 0. The molecule has 0 aromatic rings. The second-order valence-corrected chi connectivity index (χ2v) is 6.33. The SMILES string of the molecule is CCCCC[N+](C)(CCCI)CCCCC.[Cl-]. The summed E-state index contributed by atoms with van der Waals surface area (Å²) in [5.74, 6) is 0. The number of nitrogens with zero attached hydrogens (tertiary/aromatic N) is 1. The van der Waals surface area contributed by atoms with Crippen LogP contribution in [0.15, 0.2) is 0 Å². The van der Waals surface area contributed by atoms with Gasteiger partial charge in [-0.15, -0.1) is 0 Å². The standard InChI is InChI=1S/C14H31IN.ClH/c1-4-6-8-12-16(3,14-10-11-15)13-9-7-5-2;/h4-14H2,1-3H3;1H/q+1;/p-1. The van der Waals surface area contributed by atoms with E-state index >= 15 is 0 Å². The van der Waals surface area contributed by atoms with Crippen LogP contribution in [-0.4, -0.2) is 35.6 Å². The quantitative estimate of drug-likeness (QED) is 0.223. The van der Waals surface area contributed by atoms with E-state index in [1.165, 1.54) is 73.5 Å². The number of rotatable bonds is 11. The Balaban J connectivity index is 0. The molecule has 0 aliphatic rings. The summed E-state index contributed by atoms with van der Waals surface area (Å²) in [5, 5.41) is 0. The van der Waals surface area contributed by atoms with Crippen molar-refractivity contribution in [3.63, 3.8) is 0 Å². The third kappa shape index (κ3) is 11.8. The first-order valence-corrected chi connectivity index (χ1v) is 8.60. The highest BCUT2D eigenvalue weighted by Gasteiger charge is 2.19. The van der Waals surface area contributed by atoms with Gasteiger partial charge in [0.1, 0.15) is 0 Å². The molecular weight excluding hydrogens is 345 g/mol. The van der Waals surface area contributed by atoms with Crippen LogP contribution < -0.4 is 12.4 Å². The van der Waals surface area contributed by atoms with Gasteiger partial charge in [0.15, 0.2) is 0 Å². The van der Waals surface area contributed by atoms with E-state index in [4.69, 9.17) is 0 Å². The molecule has 0 fully saturated rings. The Bertz CT molecular complexity index is 143. The molecule has 0 spiro atoms. The van der Waals surface area contributed by atoms with Gasteiger partial charge in [-0.1, -0.05) is 49.3 Å². The van der Waals surface area contributed by atoms with Crippen LogP contribution >= 0.6 is 22.6 Å². The molecule has 0 atom stereocenters. The van der Waals surface area contributed by atoms with Crippen molar-refractivity contribution < 1.29 is 16.9 Å². The fourth-order valence-corrected chi connectivity index (χ4v) is 2.61. The van der Waals surface area contributed by atoms with Gasteiger partial charge in [-0.25, -0.2) is 0 Å². The lowest BCUT2D eigenvalue weighted by atomic mass is 10.1. The largest absolute Gasteiger partial charge is 1.00 e. The van der Waals surface area contributed by atoms with E-state index in [1.54, 1.807) is 0 Å². The van der Waals surface area contributed by atoms with Crippen LogP contribution in [0.4, 0.5) is 0 Å². The first-order chi connectivity index (χ1) is 7.68. The summed E-state index contributed by atoms with van der Waals surface area (Å²) in [4.78, 5) is 0. The van der Waals surface area contributed by atoms with E-state index < -0.39 is 0 Å². The summed E-state index contributed by atoms with van der Waals surface area (Å²) < 4.78 is 2.64.